The standard InChI is InChI=1S/C23H19F6NO5S2/c1-33-17-7-12(8-18-20(32)30-21(36)37-18)6-16(19(17)35-5-4-34-3-2-31)13-9-14(22(24,25)26)11-15(10-13)23(27,28)29/h6-11,31H,2-5H2,1H3,(H,30,32,36). The molecule has 2 N–H and O–H groups in total. The van der Waals surface area contributed by atoms with E-state index in [1.807, 2.05) is 0 Å². The molecule has 0 aliphatic carbocycles. The number of rotatable bonds is 9. The highest BCUT2D eigenvalue weighted by atomic mass is 32.2. The third kappa shape index (κ3) is 7.37. The first kappa shape index (κ1) is 28.8. The smallest absolute Gasteiger partial charge is 0.416 e. The van der Waals surface area contributed by atoms with E-state index in [-0.39, 0.29) is 64.3 Å². The van der Waals surface area contributed by atoms with Gasteiger partial charge < -0.3 is 24.6 Å². The number of methoxy groups -OCH3 is 1. The van der Waals surface area contributed by atoms with E-state index in [2.05, 4.69) is 5.32 Å². The van der Waals surface area contributed by atoms with E-state index in [9.17, 15) is 31.1 Å². The number of alkyl halides is 6. The Morgan fingerprint density at radius 3 is 2.16 bits per heavy atom. The highest BCUT2D eigenvalue weighted by Gasteiger charge is 2.37. The monoisotopic (exact) mass is 567 g/mol. The molecule has 2 aromatic rings. The number of nitrogens with one attached hydrogen (secondary N) is 1. The summed E-state index contributed by atoms with van der Waals surface area (Å²) in [5.74, 6) is -0.650. The second-order valence-corrected chi connectivity index (χ2v) is 9.15. The number of ether oxygens (including phenoxy) is 3. The number of aliphatic hydroxyl groups is 1. The summed E-state index contributed by atoms with van der Waals surface area (Å²) in [6, 6.07) is 3.86. The zero-order valence-corrected chi connectivity index (χ0v) is 20.6. The van der Waals surface area contributed by atoms with Crippen molar-refractivity contribution < 1.29 is 50.5 Å². The number of hydrogen-bond acceptors (Lipinski definition) is 7. The molecule has 1 aliphatic heterocycles. The minimum Gasteiger partial charge on any atom is -0.493 e. The third-order valence-corrected chi connectivity index (χ3v) is 6.01. The molecule has 1 heterocycles. The predicted octanol–water partition coefficient (Wildman–Crippen LogP) is 5.28. The van der Waals surface area contributed by atoms with Crippen LogP contribution in [-0.4, -0.2) is 48.9 Å². The van der Waals surface area contributed by atoms with Crippen molar-refractivity contribution in [2.45, 2.75) is 12.4 Å². The van der Waals surface area contributed by atoms with Gasteiger partial charge in [-0.2, -0.15) is 26.3 Å². The lowest BCUT2D eigenvalue weighted by atomic mass is 9.96. The van der Waals surface area contributed by atoms with Crippen LogP contribution in [0.3, 0.4) is 0 Å². The van der Waals surface area contributed by atoms with E-state index >= 15 is 0 Å². The Morgan fingerprint density at radius 1 is 1.00 bits per heavy atom. The minimum atomic E-state index is -5.06. The molecule has 1 saturated heterocycles. The van der Waals surface area contributed by atoms with Gasteiger partial charge in [0, 0.05) is 5.56 Å². The quantitative estimate of drug-likeness (QED) is 0.185. The van der Waals surface area contributed by atoms with Crippen LogP contribution in [0.25, 0.3) is 17.2 Å². The highest BCUT2D eigenvalue weighted by molar-refractivity contribution is 8.26. The average Bonchev–Trinajstić information content (AvgIpc) is 3.13. The molecular formula is C23H19F6NO5S2. The van der Waals surface area contributed by atoms with Gasteiger partial charge in [0.25, 0.3) is 5.91 Å². The number of thiocarbonyl (C=S) groups is 1. The van der Waals surface area contributed by atoms with Gasteiger partial charge >= 0.3 is 12.4 Å². The van der Waals surface area contributed by atoms with Crippen molar-refractivity contribution in [2.24, 2.45) is 0 Å². The molecule has 1 amide bonds. The maximum Gasteiger partial charge on any atom is 0.416 e. The van der Waals surface area contributed by atoms with Crippen molar-refractivity contribution in [3.8, 4) is 22.6 Å². The topological polar surface area (TPSA) is 77.0 Å². The van der Waals surface area contributed by atoms with Crippen LogP contribution in [0.1, 0.15) is 16.7 Å². The van der Waals surface area contributed by atoms with Gasteiger partial charge in [-0.1, -0.05) is 24.0 Å². The Bertz CT molecular complexity index is 1180. The van der Waals surface area contributed by atoms with Crippen molar-refractivity contribution in [3.05, 3.63) is 51.9 Å². The van der Waals surface area contributed by atoms with Crippen molar-refractivity contribution in [3.63, 3.8) is 0 Å². The molecular weight excluding hydrogens is 548 g/mol. The fourth-order valence-corrected chi connectivity index (χ4v) is 4.32. The predicted molar refractivity (Wildman–Crippen MR) is 128 cm³/mol. The Balaban J connectivity index is 2.21. The first-order chi connectivity index (χ1) is 17.3. The number of halogens is 6. The fraction of sp³-hybridized carbons (Fsp3) is 0.304. The normalized spacial score (nSPS) is 15.3. The molecule has 0 bridgehead atoms. The van der Waals surface area contributed by atoms with Gasteiger partial charge in [0.15, 0.2) is 11.5 Å². The summed E-state index contributed by atoms with van der Waals surface area (Å²) >= 11 is 5.89. The average molecular weight is 568 g/mol. The van der Waals surface area contributed by atoms with Gasteiger partial charge in [0.2, 0.25) is 0 Å². The Labute approximate surface area is 216 Å². The summed E-state index contributed by atoms with van der Waals surface area (Å²) in [5.41, 5.74) is -3.35. The molecule has 0 radical (unpaired) electrons. The Morgan fingerprint density at radius 2 is 1.65 bits per heavy atom. The number of hydrogen-bond donors (Lipinski definition) is 2. The van der Waals surface area contributed by atoms with Gasteiger partial charge in [-0.3, -0.25) is 4.79 Å². The molecule has 1 fully saturated rings. The number of carbonyl (C=O) groups is 1. The molecule has 200 valence electrons. The van der Waals surface area contributed by atoms with Crippen LogP contribution in [0.5, 0.6) is 11.5 Å². The molecule has 0 aromatic heterocycles. The number of thioether (sulfide) groups is 1. The number of aliphatic hydroxyl groups excluding tert-OH is 1. The van der Waals surface area contributed by atoms with Crippen molar-refractivity contribution in [1.29, 1.82) is 0 Å². The van der Waals surface area contributed by atoms with Gasteiger partial charge in [-0.25, -0.2) is 0 Å². The lowest BCUT2D eigenvalue weighted by Crippen LogP contribution is -2.17. The van der Waals surface area contributed by atoms with Crippen molar-refractivity contribution in [1.82, 2.24) is 5.32 Å². The Kier molecular flexibility index (Phi) is 9.10. The zero-order valence-electron chi connectivity index (χ0n) is 19.0. The summed E-state index contributed by atoms with van der Waals surface area (Å²) in [7, 11) is 1.24. The summed E-state index contributed by atoms with van der Waals surface area (Å²) in [5, 5.41) is 11.2. The second kappa shape index (κ2) is 11.7. The van der Waals surface area contributed by atoms with Gasteiger partial charge in [-0.15, -0.1) is 0 Å². The Hall–Kier alpha value is -2.81. The molecule has 0 unspecified atom stereocenters. The van der Waals surface area contributed by atoms with Crippen LogP contribution in [0.2, 0.25) is 0 Å². The molecule has 2 aromatic carbocycles. The first-order valence-corrected chi connectivity index (χ1v) is 11.6. The molecule has 0 atom stereocenters. The van der Waals surface area contributed by atoms with E-state index in [0.29, 0.717) is 12.1 Å². The van der Waals surface area contributed by atoms with Crippen LogP contribution in [0.4, 0.5) is 26.3 Å². The van der Waals surface area contributed by atoms with Crippen LogP contribution in [0, 0.1) is 0 Å². The van der Waals surface area contributed by atoms with E-state index in [0.717, 1.165) is 11.8 Å². The number of benzene rings is 2. The van der Waals surface area contributed by atoms with Crippen molar-refractivity contribution >= 4 is 40.3 Å². The van der Waals surface area contributed by atoms with E-state index in [1.54, 1.807) is 0 Å². The van der Waals surface area contributed by atoms with Gasteiger partial charge in [0.1, 0.15) is 10.9 Å². The lowest BCUT2D eigenvalue weighted by Gasteiger charge is -2.19. The van der Waals surface area contributed by atoms with Crippen molar-refractivity contribution in [2.75, 3.05) is 33.5 Å². The van der Waals surface area contributed by atoms with E-state index in [4.69, 9.17) is 31.5 Å². The summed E-state index contributed by atoms with van der Waals surface area (Å²) in [6.07, 6.45) is -8.75. The maximum atomic E-state index is 13.5. The van der Waals surface area contributed by atoms with Crippen LogP contribution >= 0.6 is 24.0 Å². The molecule has 1 aliphatic rings. The number of carbonyl (C=O) groups excluding carboxylic acids is 1. The highest BCUT2D eigenvalue weighted by Crippen LogP contribution is 2.44. The molecule has 0 saturated carbocycles. The zero-order chi connectivity index (χ0) is 27.4. The number of amides is 1. The SMILES string of the molecule is COc1cc(C=C2SC(=S)NC2=O)cc(-c2cc(C(F)(F)F)cc(C(F)(F)F)c2)c1OCCOCCO. The summed E-state index contributed by atoms with van der Waals surface area (Å²) in [6.45, 7) is -0.428. The van der Waals surface area contributed by atoms with Gasteiger partial charge in [0.05, 0.1) is 43.0 Å². The molecule has 0 spiro atoms. The van der Waals surface area contributed by atoms with Gasteiger partial charge in [-0.05, 0) is 47.5 Å². The summed E-state index contributed by atoms with van der Waals surface area (Å²) in [4.78, 5) is 12.2. The molecule has 3 rings (SSSR count). The fourth-order valence-electron chi connectivity index (χ4n) is 3.27. The van der Waals surface area contributed by atoms with E-state index in [1.165, 1.54) is 25.3 Å². The molecule has 6 nitrogen and oxygen atoms in total. The molecule has 14 heteroatoms. The molecule has 37 heavy (non-hydrogen) atoms. The minimum absolute atomic E-state index is 0.00399. The van der Waals surface area contributed by atoms with E-state index < -0.39 is 35.0 Å². The van der Waals surface area contributed by atoms with Crippen LogP contribution in [-0.2, 0) is 21.9 Å². The largest absolute Gasteiger partial charge is 0.493 e. The maximum absolute atomic E-state index is 13.5. The second-order valence-electron chi connectivity index (χ2n) is 7.43. The van der Waals surface area contributed by atoms with Crippen LogP contribution in [0.15, 0.2) is 35.2 Å². The summed E-state index contributed by atoms with van der Waals surface area (Å²) < 4.78 is 97.4. The first-order valence-electron chi connectivity index (χ1n) is 10.4. The van der Waals surface area contributed by atoms with Crippen LogP contribution < -0.4 is 14.8 Å². The lowest BCUT2D eigenvalue weighted by molar-refractivity contribution is -0.143. The third-order valence-electron chi connectivity index (χ3n) is 4.85.